The van der Waals surface area contributed by atoms with E-state index in [-0.39, 0.29) is 5.91 Å². The average molecular weight is 254 g/mol. The van der Waals surface area contributed by atoms with Crippen LogP contribution in [0, 0.1) is 5.92 Å². The summed E-state index contributed by atoms with van der Waals surface area (Å²) in [5.41, 5.74) is 5.50. The quantitative estimate of drug-likeness (QED) is 0.869. The summed E-state index contributed by atoms with van der Waals surface area (Å²) in [4.78, 5) is 14.2. The van der Waals surface area contributed by atoms with Crippen LogP contribution in [0.15, 0.2) is 0 Å². The fourth-order valence-electron chi connectivity index (χ4n) is 1.68. The van der Waals surface area contributed by atoms with E-state index in [1.54, 1.807) is 0 Å². The second kappa shape index (κ2) is 5.00. The zero-order valence-corrected chi connectivity index (χ0v) is 11.0. The number of nitrogen functional groups attached to an aromatic ring is 1. The van der Waals surface area contributed by atoms with Gasteiger partial charge in [0.25, 0.3) is 5.91 Å². The van der Waals surface area contributed by atoms with Crippen molar-refractivity contribution in [2.45, 2.75) is 39.2 Å². The highest BCUT2D eigenvalue weighted by Gasteiger charge is 2.34. The molecule has 0 atom stereocenters. The molecule has 0 unspecified atom stereocenters. The lowest BCUT2D eigenvalue weighted by Gasteiger charge is -2.21. The van der Waals surface area contributed by atoms with Crippen molar-refractivity contribution in [1.29, 1.82) is 0 Å². The molecule has 1 amide bonds. The largest absolute Gasteiger partial charge is 0.374 e. The van der Waals surface area contributed by atoms with Crippen molar-refractivity contribution in [1.82, 2.24) is 15.1 Å². The highest BCUT2D eigenvalue weighted by atomic mass is 32.1. The molecule has 5 nitrogen and oxygen atoms in total. The summed E-state index contributed by atoms with van der Waals surface area (Å²) >= 11 is 1.17. The Morgan fingerprint density at radius 3 is 2.71 bits per heavy atom. The second-order valence-electron chi connectivity index (χ2n) is 4.86. The second-order valence-corrected chi connectivity index (χ2v) is 5.87. The van der Waals surface area contributed by atoms with Crippen LogP contribution in [0.4, 0.5) is 5.13 Å². The van der Waals surface area contributed by atoms with Gasteiger partial charge in [0.05, 0.1) is 0 Å². The highest BCUT2D eigenvalue weighted by molar-refractivity contribution is 7.16. The van der Waals surface area contributed by atoms with E-state index in [0.717, 1.165) is 25.8 Å². The summed E-state index contributed by atoms with van der Waals surface area (Å²) in [6, 6.07) is 0.409. The first-order valence-electron chi connectivity index (χ1n) is 5.98. The SMILES string of the molecule is CC(C)CCN(C(=O)c1nnc(N)s1)C1CC1. The van der Waals surface area contributed by atoms with Gasteiger partial charge in [-0.05, 0) is 25.2 Å². The third kappa shape index (κ3) is 3.15. The monoisotopic (exact) mass is 254 g/mol. The molecule has 0 bridgehead atoms. The topological polar surface area (TPSA) is 72.1 Å². The molecule has 6 heteroatoms. The van der Waals surface area contributed by atoms with Crippen molar-refractivity contribution < 1.29 is 4.79 Å². The van der Waals surface area contributed by atoms with Gasteiger partial charge in [-0.1, -0.05) is 25.2 Å². The predicted molar refractivity (Wildman–Crippen MR) is 67.8 cm³/mol. The highest BCUT2D eigenvalue weighted by Crippen LogP contribution is 2.29. The maximum atomic E-state index is 12.2. The lowest BCUT2D eigenvalue weighted by Crippen LogP contribution is -2.34. The minimum atomic E-state index is -0.0117. The standard InChI is InChI=1S/C11H18N4OS/c1-7(2)5-6-15(8-3-4-8)10(16)9-13-14-11(12)17-9/h7-8H,3-6H2,1-2H3,(H2,12,14). The summed E-state index contributed by atoms with van der Waals surface area (Å²) in [7, 11) is 0. The number of amides is 1. The molecule has 1 aromatic heterocycles. The zero-order valence-electron chi connectivity index (χ0n) is 10.2. The predicted octanol–water partition coefficient (Wildman–Crippen LogP) is 1.77. The molecule has 2 N–H and O–H groups in total. The normalized spacial score (nSPS) is 15.2. The van der Waals surface area contributed by atoms with Crippen molar-refractivity contribution in [3.63, 3.8) is 0 Å². The molecule has 0 saturated heterocycles. The van der Waals surface area contributed by atoms with Crippen LogP contribution in [-0.4, -0.2) is 33.6 Å². The van der Waals surface area contributed by atoms with Crippen LogP contribution in [0.1, 0.15) is 42.9 Å². The van der Waals surface area contributed by atoms with E-state index in [0.29, 0.717) is 22.1 Å². The number of anilines is 1. The fraction of sp³-hybridized carbons (Fsp3) is 0.727. The number of rotatable bonds is 5. The summed E-state index contributed by atoms with van der Waals surface area (Å²) in [5, 5.41) is 8.29. The van der Waals surface area contributed by atoms with Crippen molar-refractivity contribution in [2.24, 2.45) is 5.92 Å². The number of carbonyl (C=O) groups excluding carboxylic acids is 1. The van der Waals surface area contributed by atoms with Gasteiger partial charge >= 0.3 is 0 Å². The van der Waals surface area contributed by atoms with E-state index in [1.165, 1.54) is 11.3 Å². The third-order valence-corrected chi connectivity index (χ3v) is 3.56. The van der Waals surface area contributed by atoms with Gasteiger partial charge in [0, 0.05) is 12.6 Å². The number of hydrogen-bond acceptors (Lipinski definition) is 5. The van der Waals surface area contributed by atoms with Gasteiger partial charge in [-0.25, -0.2) is 0 Å². The van der Waals surface area contributed by atoms with Gasteiger partial charge in [-0.15, -0.1) is 10.2 Å². The summed E-state index contributed by atoms with van der Waals surface area (Å²) in [6.45, 7) is 5.14. The Morgan fingerprint density at radius 2 is 2.24 bits per heavy atom. The molecule has 1 fully saturated rings. The molecule has 94 valence electrons. The Labute approximate surface area is 105 Å². The Bertz CT molecular complexity index is 400. The molecule has 1 saturated carbocycles. The molecule has 0 aromatic carbocycles. The molecule has 0 aliphatic heterocycles. The fourth-order valence-corrected chi connectivity index (χ4v) is 2.24. The Hall–Kier alpha value is -1.17. The summed E-state index contributed by atoms with van der Waals surface area (Å²) < 4.78 is 0. The number of nitrogens with two attached hydrogens (primary N) is 1. The molecule has 2 rings (SSSR count). The molecule has 1 heterocycles. The van der Waals surface area contributed by atoms with Gasteiger partial charge in [-0.3, -0.25) is 4.79 Å². The molecule has 1 aromatic rings. The number of nitrogens with zero attached hydrogens (tertiary/aromatic N) is 3. The minimum Gasteiger partial charge on any atom is -0.374 e. The summed E-state index contributed by atoms with van der Waals surface area (Å²) in [6.07, 6.45) is 3.24. The van der Waals surface area contributed by atoms with E-state index < -0.39 is 0 Å². The van der Waals surface area contributed by atoms with Gasteiger partial charge in [0.2, 0.25) is 10.1 Å². The van der Waals surface area contributed by atoms with Crippen LogP contribution in [0.3, 0.4) is 0 Å². The first-order valence-corrected chi connectivity index (χ1v) is 6.79. The third-order valence-electron chi connectivity index (χ3n) is 2.82. The van der Waals surface area contributed by atoms with E-state index in [2.05, 4.69) is 24.0 Å². The van der Waals surface area contributed by atoms with Crippen LogP contribution < -0.4 is 5.73 Å². The van der Waals surface area contributed by atoms with Crippen molar-refractivity contribution in [3.05, 3.63) is 5.01 Å². The lowest BCUT2D eigenvalue weighted by molar-refractivity contribution is 0.0734. The van der Waals surface area contributed by atoms with Crippen LogP contribution in [0.5, 0.6) is 0 Å². The number of hydrogen-bond donors (Lipinski definition) is 1. The molecular weight excluding hydrogens is 236 g/mol. The Kier molecular flexibility index (Phi) is 3.61. The molecule has 0 spiro atoms. The first kappa shape index (κ1) is 12.3. The maximum Gasteiger partial charge on any atom is 0.285 e. The van der Waals surface area contributed by atoms with E-state index in [9.17, 15) is 4.79 Å². The first-order chi connectivity index (χ1) is 8.08. The van der Waals surface area contributed by atoms with E-state index in [1.807, 2.05) is 4.90 Å². The van der Waals surface area contributed by atoms with Gasteiger partial charge in [0.1, 0.15) is 0 Å². The van der Waals surface area contributed by atoms with Gasteiger partial charge in [0.15, 0.2) is 0 Å². The minimum absolute atomic E-state index is 0.0117. The lowest BCUT2D eigenvalue weighted by atomic mass is 10.1. The molecular formula is C11H18N4OS. The molecule has 0 radical (unpaired) electrons. The van der Waals surface area contributed by atoms with Crippen LogP contribution in [-0.2, 0) is 0 Å². The maximum absolute atomic E-state index is 12.2. The van der Waals surface area contributed by atoms with Crippen molar-refractivity contribution in [3.8, 4) is 0 Å². The Morgan fingerprint density at radius 1 is 1.53 bits per heavy atom. The molecule has 1 aliphatic carbocycles. The number of aromatic nitrogens is 2. The van der Waals surface area contributed by atoms with Crippen LogP contribution in [0.25, 0.3) is 0 Å². The van der Waals surface area contributed by atoms with Crippen molar-refractivity contribution in [2.75, 3.05) is 12.3 Å². The van der Waals surface area contributed by atoms with Crippen LogP contribution >= 0.6 is 11.3 Å². The molecule has 17 heavy (non-hydrogen) atoms. The number of carbonyl (C=O) groups is 1. The smallest absolute Gasteiger partial charge is 0.285 e. The van der Waals surface area contributed by atoms with Gasteiger partial charge in [-0.2, -0.15) is 0 Å². The summed E-state index contributed by atoms with van der Waals surface area (Å²) in [5.74, 6) is 0.589. The van der Waals surface area contributed by atoms with E-state index >= 15 is 0 Å². The molecule has 1 aliphatic rings. The Balaban J connectivity index is 2.02. The van der Waals surface area contributed by atoms with Gasteiger partial charge < -0.3 is 10.6 Å². The zero-order chi connectivity index (χ0) is 12.4. The van der Waals surface area contributed by atoms with Crippen molar-refractivity contribution >= 4 is 22.4 Å². The van der Waals surface area contributed by atoms with Crippen LogP contribution in [0.2, 0.25) is 0 Å². The van der Waals surface area contributed by atoms with E-state index in [4.69, 9.17) is 5.73 Å². The average Bonchev–Trinajstić information content (AvgIpc) is 3.00.